The monoisotopic (exact) mass is 392 g/mol. The average Bonchev–Trinajstić information content (AvgIpc) is 3.26. The van der Waals surface area contributed by atoms with Crippen LogP contribution in [0.3, 0.4) is 0 Å². The molecule has 6 heteroatoms. The van der Waals surface area contributed by atoms with Crippen LogP contribution in [0.1, 0.15) is 35.5 Å². The van der Waals surface area contributed by atoms with Crippen molar-refractivity contribution in [2.75, 3.05) is 5.32 Å². The van der Waals surface area contributed by atoms with Crippen molar-refractivity contribution in [3.05, 3.63) is 83.8 Å². The molecule has 0 bridgehead atoms. The summed E-state index contributed by atoms with van der Waals surface area (Å²) in [5, 5.41) is 5.56. The predicted octanol–water partition coefficient (Wildman–Crippen LogP) is 4.18. The number of carbonyl (C=O) groups excluding carboxylic acids is 2. The van der Waals surface area contributed by atoms with Crippen molar-refractivity contribution in [3.8, 4) is 5.75 Å². The summed E-state index contributed by atoms with van der Waals surface area (Å²) in [5.41, 5.74) is 2.17. The number of rotatable bonds is 8. The van der Waals surface area contributed by atoms with E-state index in [0.717, 1.165) is 6.42 Å². The first-order chi connectivity index (χ1) is 14.0. The van der Waals surface area contributed by atoms with Crippen LogP contribution in [0.15, 0.2) is 71.3 Å². The maximum Gasteiger partial charge on any atom is 0.265 e. The largest absolute Gasteiger partial charge is 0.481 e. The van der Waals surface area contributed by atoms with Crippen LogP contribution in [0.4, 0.5) is 5.69 Å². The molecule has 150 valence electrons. The zero-order chi connectivity index (χ0) is 20.6. The minimum atomic E-state index is -0.682. The van der Waals surface area contributed by atoms with Crippen LogP contribution in [0.25, 0.3) is 0 Å². The minimum absolute atomic E-state index is 0.252. The molecule has 2 amide bonds. The third-order valence-corrected chi connectivity index (χ3v) is 4.41. The number of hydrogen-bond donors (Lipinski definition) is 2. The molecule has 3 aromatic rings. The number of amides is 2. The van der Waals surface area contributed by atoms with E-state index in [1.54, 1.807) is 49.6 Å². The average molecular weight is 392 g/mol. The Balaban J connectivity index is 1.56. The first-order valence-corrected chi connectivity index (χ1v) is 9.52. The molecule has 0 fully saturated rings. The summed E-state index contributed by atoms with van der Waals surface area (Å²) in [6.07, 6.45) is 1.82. The Morgan fingerprint density at radius 1 is 1.07 bits per heavy atom. The third kappa shape index (κ3) is 5.72. The molecule has 1 heterocycles. The van der Waals surface area contributed by atoms with E-state index in [9.17, 15) is 9.59 Å². The number of aryl methyl sites for hydroxylation is 1. The first kappa shape index (κ1) is 20.2. The van der Waals surface area contributed by atoms with Crippen LogP contribution in [0.2, 0.25) is 0 Å². The Kier molecular flexibility index (Phi) is 6.68. The summed E-state index contributed by atoms with van der Waals surface area (Å²) in [5.74, 6) is 0.757. The fourth-order valence-electron chi connectivity index (χ4n) is 2.73. The van der Waals surface area contributed by atoms with Gasteiger partial charge in [-0.15, -0.1) is 0 Å². The standard InChI is InChI=1S/C23H24N2O4/c1-3-17-9-11-20(12-10-17)29-16(2)22(26)25-19-7-4-6-18(14-19)23(27)24-15-21-8-5-13-28-21/h4-14,16H,3,15H2,1-2H3,(H,24,27)(H,25,26). The highest BCUT2D eigenvalue weighted by atomic mass is 16.5. The van der Waals surface area contributed by atoms with E-state index in [-0.39, 0.29) is 11.8 Å². The number of carbonyl (C=O) groups is 2. The fraction of sp³-hybridized carbons (Fsp3) is 0.217. The molecule has 0 aliphatic heterocycles. The van der Waals surface area contributed by atoms with Gasteiger partial charge >= 0.3 is 0 Å². The van der Waals surface area contributed by atoms with Crippen LogP contribution in [-0.4, -0.2) is 17.9 Å². The van der Waals surface area contributed by atoms with E-state index < -0.39 is 6.10 Å². The van der Waals surface area contributed by atoms with Gasteiger partial charge in [-0.1, -0.05) is 25.1 Å². The van der Waals surface area contributed by atoms with Gasteiger partial charge in [-0.05, 0) is 61.4 Å². The maximum atomic E-state index is 12.5. The number of hydrogen-bond acceptors (Lipinski definition) is 4. The Morgan fingerprint density at radius 2 is 1.86 bits per heavy atom. The molecule has 29 heavy (non-hydrogen) atoms. The van der Waals surface area contributed by atoms with E-state index in [4.69, 9.17) is 9.15 Å². The van der Waals surface area contributed by atoms with Crippen LogP contribution in [0, 0.1) is 0 Å². The van der Waals surface area contributed by atoms with Gasteiger partial charge in [0.1, 0.15) is 11.5 Å². The van der Waals surface area contributed by atoms with E-state index in [2.05, 4.69) is 17.6 Å². The SMILES string of the molecule is CCc1ccc(OC(C)C(=O)Nc2cccc(C(=O)NCc3ccco3)c2)cc1. The summed E-state index contributed by atoms with van der Waals surface area (Å²) in [7, 11) is 0. The highest BCUT2D eigenvalue weighted by Gasteiger charge is 2.16. The number of nitrogens with one attached hydrogen (secondary N) is 2. The first-order valence-electron chi connectivity index (χ1n) is 9.52. The van der Waals surface area contributed by atoms with Crippen molar-refractivity contribution < 1.29 is 18.7 Å². The molecule has 1 atom stereocenters. The van der Waals surface area contributed by atoms with E-state index in [1.807, 2.05) is 24.3 Å². The molecule has 0 spiro atoms. The molecular formula is C23H24N2O4. The second-order valence-electron chi connectivity index (χ2n) is 6.59. The van der Waals surface area contributed by atoms with Crippen molar-refractivity contribution in [2.45, 2.75) is 32.9 Å². The molecule has 0 aliphatic rings. The number of furan rings is 1. The lowest BCUT2D eigenvalue weighted by atomic mass is 10.1. The normalized spacial score (nSPS) is 11.5. The topological polar surface area (TPSA) is 80.6 Å². The molecule has 0 saturated heterocycles. The lowest BCUT2D eigenvalue weighted by molar-refractivity contribution is -0.122. The second kappa shape index (κ2) is 9.59. The van der Waals surface area contributed by atoms with Crippen LogP contribution >= 0.6 is 0 Å². The van der Waals surface area contributed by atoms with Crippen molar-refractivity contribution in [1.82, 2.24) is 5.32 Å². The number of ether oxygens (including phenoxy) is 1. The zero-order valence-electron chi connectivity index (χ0n) is 16.5. The Bertz CT molecular complexity index is 949. The molecule has 3 rings (SSSR count). The highest BCUT2D eigenvalue weighted by Crippen LogP contribution is 2.16. The quantitative estimate of drug-likeness (QED) is 0.603. The summed E-state index contributed by atoms with van der Waals surface area (Å²) in [6, 6.07) is 18.0. The third-order valence-electron chi connectivity index (χ3n) is 4.41. The molecule has 0 saturated carbocycles. The molecule has 1 unspecified atom stereocenters. The van der Waals surface area contributed by atoms with Crippen molar-refractivity contribution >= 4 is 17.5 Å². The van der Waals surface area contributed by atoms with Crippen molar-refractivity contribution in [2.24, 2.45) is 0 Å². The van der Waals surface area contributed by atoms with Gasteiger partial charge in [-0.3, -0.25) is 9.59 Å². The lowest BCUT2D eigenvalue weighted by Crippen LogP contribution is -2.30. The molecule has 2 aromatic carbocycles. The van der Waals surface area contributed by atoms with Gasteiger partial charge in [0, 0.05) is 11.3 Å². The summed E-state index contributed by atoms with van der Waals surface area (Å²) in [4.78, 5) is 24.8. The van der Waals surface area contributed by atoms with Crippen LogP contribution in [-0.2, 0) is 17.8 Å². The Labute approximate surface area is 169 Å². The summed E-state index contributed by atoms with van der Waals surface area (Å²) >= 11 is 0. The molecule has 2 N–H and O–H groups in total. The second-order valence-corrected chi connectivity index (χ2v) is 6.59. The smallest absolute Gasteiger partial charge is 0.265 e. The highest BCUT2D eigenvalue weighted by molar-refractivity contribution is 5.98. The van der Waals surface area contributed by atoms with Gasteiger partial charge in [0.15, 0.2) is 6.10 Å². The van der Waals surface area contributed by atoms with E-state index in [1.165, 1.54) is 5.56 Å². The molecule has 6 nitrogen and oxygen atoms in total. The van der Waals surface area contributed by atoms with Crippen molar-refractivity contribution in [1.29, 1.82) is 0 Å². The molecule has 0 aliphatic carbocycles. The van der Waals surface area contributed by atoms with Gasteiger partial charge < -0.3 is 19.8 Å². The molecule has 0 radical (unpaired) electrons. The number of anilines is 1. The fourth-order valence-corrected chi connectivity index (χ4v) is 2.73. The molecule has 1 aromatic heterocycles. The van der Waals surface area contributed by atoms with Crippen LogP contribution in [0.5, 0.6) is 5.75 Å². The predicted molar refractivity (Wildman–Crippen MR) is 111 cm³/mol. The van der Waals surface area contributed by atoms with Gasteiger partial charge in [-0.2, -0.15) is 0 Å². The number of benzene rings is 2. The van der Waals surface area contributed by atoms with Gasteiger partial charge in [0.25, 0.3) is 11.8 Å². The van der Waals surface area contributed by atoms with Gasteiger partial charge in [0.05, 0.1) is 12.8 Å². The maximum absolute atomic E-state index is 12.5. The van der Waals surface area contributed by atoms with Crippen LogP contribution < -0.4 is 15.4 Å². The van der Waals surface area contributed by atoms with E-state index >= 15 is 0 Å². The summed E-state index contributed by atoms with van der Waals surface area (Å²) < 4.78 is 10.9. The lowest BCUT2D eigenvalue weighted by Gasteiger charge is -2.15. The van der Waals surface area contributed by atoms with Gasteiger partial charge in [-0.25, -0.2) is 0 Å². The Hall–Kier alpha value is -3.54. The molecular weight excluding hydrogens is 368 g/mol. The minimum Gasteiger partial charge on any atom is -0.481 e. The zero-order valence-corrected chi connectivity index (χ0v) is 16.5. The van der Waals surface area contributed by atoms with Crippen molar-refractivity contribution in [3.63, 3.8) is 0 Å². The summed E-state index contributed by atoms with van der Waals surface area (Å²) in [6.45, 7) is 4.06. The Morgan fingerprint density at radius 3 is 2.55 bits per heavy atom. The van der Waals surface area contributed by atoms with Gasteiger partial charge in [0.2, 0.25) is 0 Å². The van der Waals surface area contributed by atoms with E-state index in [0.29, 0.717) is 29.3 Å².